The second-order valence-electron chi connectivity index (χ2n) is 4.83. The molecule has 1 heterocycles. The molecular weight excluding hydrogens is 186 g/mol. The van der Waals surface area contributed by atoms with E-state index in [1.165, 1.54) is 0 Å². The standard InChI is InChI=1S/C10H19NO.ClH/c1-9(2,3)10(4)8(12)6-5-7-11-10;/h11H,5-7H2,1-4H3;1H. The Bertz CT molecular complexity index is 198. The minimum absolute atomic E-state index is 0. The van der Waals surface area contributed by atoms with Gasteiger partial charge in [-0.3, -0.25) is 4.79 Å². The number of hydrogen-bond acceptors (Lipinski definition) is 2. The van der Waals surface area contributed by atoms with Crippen LogP contribution in [0.3, 0.4) is 0 Å². The quantitative estimate of drug-likeness (QED) is 0.657. The second-order valence-corrected chi connectivity index (χ2v) is 4.83. The SMILES string of the molecule is CC(C)(C)C1(C)NCCCC1=O.Cl. The molecule has 1 unspecified atom stereocenters. The largest absolute Gasteiger partial charge is 0.305 e. The molecule has 3 heteroatoms. The van der Waals surface area contributed by atoms with Gasteiger partial charge in [-0.05, 0) is 25.3 Å². The fourth-order valence-electron chi connectivity index (χ4n) is 1.62. The smallest absolute Gasteiger partial charge is 0.153 e. The highest BCUT2D eigenvalue weighted by Gasteiger charge is 2.44. The number of halogens is 1. The molecule has 1 aliphatic heterocycles. The number of carbonyl (C=O) groups is 1. The lowest BCUT2D eigenvalue weighted by Gasteiger charge is -2.44. The van der Waals surface area contributed by atoms with E-state index in [4.69, 9.17) is 0 Å². The molecule has 0 aromatic rings. The summed E-state index contributed by atoms with van der Waals surface area (Å²) in [5, 5.41) is 3.34. The molecule has 13 heavy (non-hydrogen) atoms. The number of ketones is 1. The van der Waals surface area contributed by atoms with Gasteiger partial charge in [0, 0.05) is 6.42 Å². The van der Waals surface area contributed by atoms with E-state index in [9.17, 15) is 4.79 Å². The molecule has 0 aliphatic carbocycles. The van der Waals surface area contributed by atoms with Crippen molar-refractivity contribution in [3.63, 3.8) is 0 Å². The van der Waals surface area contributed by atoms with Gasteiger partial charge in [-0.2, -0.15) is 0 Å². The first-order valence-corrected chi connectivity index (χ1v) is 4.66. The number of Topliss-reactive ketones (excluding diaryl/α,β-unsaturated/α-hetero) is 1. The van der Waals surface area contributed by atoms with Gasteiger partial charge >= 0.3 is 0 Å². The third kappa shape index (κ3) is 2.23. The Kier molecular flexibility index (Phi) is 3.95. The average Bonchev–Trinajstić information content (AvgIpc) is 1.93. The van der Waals surface area contributed by atoms with Crippen LogP contribution in [0, 0.1) is 5.41 Å². The predicted molar refractivity (Wildman–Crippen MR) is 57.4 cm³/mol. The Balaban J connectivity index is 0.00000144. The maximum atomic E-state index is 11.7. The van der Waals surface area contributed by atoms with E-state index in [1.807, 2.05) is 6.92 Å². The van der Waals surface area contributed by atoms with Gasteiger partial charge in [0.15, 0.2) is 5.78 Å². The van der Waals surface area contributed by atoms with E-state index in [1.54, 1.807) is 0 Å². The molecule has 0 bridgehead atoms. The first kappa shape index (κ1) is 12.9. The lowest BCUT2D eigenvalue weighted by Crippen LogP contribution is -2.60. The zero-order chi connectivity index (χ0) is 9.41. The van der Waals surface area contributed by atoms with Gasteiger partial charge < -0.3 is 5.32 Å². The Hall–Kier alpha value is -0.0800. The van der Waals surface area contributed by atoms with E-state index in [0.717, 1.165) is 19.4 Å². The number of rotatable bonds is 0. The summed E-state index contributed by atoms with van der Waals surface area (Å²) in [6.07, 6.45) is 1.73. The molecule has 2 nitrogen and oxygen atoms in total. The molecule has 0 aromatic heterocycles. The highest BCUT2D eigenvalue weighted by Crippen LogP contribution is 2.33. The van der Waals surface area contributed by atoms with Gasteiger partial charge in [0.2, 0.25) is 0 Å². The van der Waals surface area contributed by atoms with Gasteiger partial charge in [-0.1, -0.05) is 20.8 Å². The third-order valence-corrected chi connectivity index (χ3v) is 3.12. The molecule has 0 aromatic carbocycles. The van der Waals surface area contributed by atoms with Crippen molar-refractivity contribution in [3.8, 4) is 0 Å². The number of hydrogen-bond donors (Lipinski definition) is 1. The van der Waals surface area contributed by atoms with Crippen LogP contribution in [0.15, 0.2) is 0 Å². The van der Waals surface area contributed by atoms with E-state index >= 15 is 0 Å². The van der Waals surface area contributed by atoms with Crippen molar-refractivity contribution in [2.45, 2.75) is 46.1 Å². The Morgan fingerprint density at radius 2 is 1.92 bits per heavy atom. The van der Waals surface area contributed by atoms with Crippen molar-refractivity contribution >= 4 is 18.2 Å². The van der Waals surface area contributed by atoms with Gasteiger partial charge in [-0.15, -0.1) is 12.4 Å². The van der Waals surface area contributed by atoms with Crippen LogP contribution in [0.25, 0.3) is 0 Å². The van der Waals surface area contributed by atoms with Crippen LogP contribution in [0.5, 0.6) is 0 Å². The molecule has 0 amide bonds. The van der Waals surface area contributed by atoms with Crippen LogP contribution in [0.2, 0.25) is 0 Å². The molecular formula is C10H20ClNO. The zero-order valence-electron chi connectivity index (χ0n) is 8.94. The van der Waals surface area contributed by atoms with Crippen molar-refractivity contribution in [2.75, 3.05) is 6.54 Å². The van der Waals surface area contributed by atoms with Crippen LogP contribution < -0.4 is 5.32 Å². The fourth-order valence-corrected chi connectivity index (χ4v) is 1.62. The Morgan fingerprint density at radius 1 is 1.38 bits per heavy atom. The molecule has 1 fully saturated rings. The van der Waals surface area contributed by atoms with Gasteiger partial charge in [0.1, 0.15) is 0 Å². The predicted octanol–water partition coefficient (Wildman–Crippen LogP) is 2.17. The highest BCUT2D eigenvalue weighted by atomic mass is 35.5. The highest BCUT2D eigenvalue weighted by molar-refractivity contribution is 5.89. The summed E-state index contributed by atoms with van der Waals surface area (Å²) in [5.41, 5.74) is -0.296. The Labute approximate surface area is 86.9 Å². The molecule has 0 radical (unpaired) electrons. The van der Waals surface area contributed by atoms with Crippen LogP contribution in [0.4, 0.5) is 0 Å². The Morgan fingerprint density at radius 3 is 2.23 bits per heavy atom. The molecule has 0 spiro atoms. The topological polar surface area (TPSA) is 29.1 Å². The molecule has 1 N–H and O–H groups in total. The lowest BCUT2D eigenvalue weighted by atomic mass is 9.70. The average molecular weight is 206 g/mol. The van der Waals surface area contributed by atoms with Crippen molar-refractivity contribution in [2.24, 2.45) is 5.41 Å². The molecule has 1 saturated heterocycles. The van der Waals surface area contributed by atoms with E-state index < -0.39 is 0 Å². The van der Waals surface area contributed by atoms with Crippen LogP contribution in [-0.4, -0.2) is 17.9 Å². The minimum atomic E-state index is -0.314. The lowest BCUT2D eigenvalue weighted by molar-refractivity contribution is -0.131. The monoisotopic (exact) mass is 205 g/mol. The van der Waals surface area contributed by atoms with Crippen molar-refractivity contribution < 1.29 is 4.79 Å². The minimum Gasteiger partial charge on any atom is -0.305 e. The number of carbonyl (C=O) groups excluding carboxylic acids is 1. The molecule has 0 saturated carbocycles. The maximum absolute atomic E-state index is 11.7. The van der Waals surface area contributed by atoms with E-state index in [2.05, 4.69) is 26.1 Å². The summed E-state index contributed by atoms with van der Waals surface area (Å²) in [5.74, 6) is 0.362. The molecule has 78 valence electrons. The second kappa shape index (κ2) is 3.97. The van der Waals surface area contributed by atoms with Crippen LogP contribution in [-0.2, 0) is 4.79 Å². The van der Waals surface area contributed by atoms with Gasteiger partial charge in [-0.25, -0.2) is 0 Å². The van der Waals surface area contributed by atoms with Gasteiger partial charge in [0.05, 0.1) is 5.54 Å². The summed E-state index contributed by atoms with van der Waals surface area (Å²) in [4.78, 5) is 11.7. The zero-order valence-corrected chi connectivity index (χ0v) is 9.75. The summed E-state index contributed by atoms with van der Waals surface area (Å²) >= 11 is 0. The molecule has 1 aliphatic rings. The number of nitrogens with one attached hydrogen (secondary N) is 1. The van der Waals surface area contributed by atoms with Crippen molar-refractivity contribution in [3.05, 3.63) is 0 Å². The first-order valence-electron chi connectivity index (χ1n) is 4.66. The maximum Gasteiger partial charge on any atom is 0.153 e. The van der Waals surface area contributed by atoms with Crippen LogP contribution >= 0.6 is 12.4 Å². The molecule has 1 rings (SSSR count). The number of piperidine rings is 1. The van der Waals surface area contributed by atoms with E-state index in [0.29, 0.717) is 5.78 Å². The van der Waals surface area contributed by atoms with Gasteiger partial charge in [0.25, 0.3) is 0 Å². The van der Waals surface area contributed by atoms with Crippen molar-refractivity contribution in [1.82, 2.24) is 5.32 Å². The summed E-state index contributed by atoms with van der Waals surface area (Å²) in [6, 6.07) is 0. The first-order chi connectivity index (χ1) is 5.38. The molecule has 1 atom stereocenters. The van der Waals surface area contributed by atoms with Crippen LogP contribution in [0.1, 0.15) is 40.5 Å². The summed E-state index contributed by atoms with van der Waals surface area (Å²) in [7, 11) is 0. The van der Waals surface area contributed by atoms with E-state index in [-0.39, 0.29) is 23.4 Å². The summed E-state index contributed by atoms with van der Waals surface area (Å²) < 4.78 is 0. The summed E-state index contributed by atoms with van der Waals surface area (Å²) in [6.45, 7) is 9.34. The normalized spacial score (nSPS) is 29.7. The third-order valence-electron chi connectivity index (χ3n) is 3.12. The fraction of sp³-hybridized carbons (Fsp3) is 0.900. The van der Waals surface area contributed by atoms with Crippen molar-refractivity contribution in [1.29, 1.82) is 0 Å².